The molecule has 0 spiro atoms. The lowest BCUT2D eigenvalue weighted by Crippen LogP contribution is -1.97. The zero-order valence-corrected chi connectivity index (χ0v) is 6.38. The van der Waals surface area contributed by atoms with Crippen LogP contribution in [0.15, 0.2) is 24.3 Å². The fraction of sp³-hybridized carbons (Fsp3) is 0.100. The Morgan fingerprint density at radius 1 is 1.58 bits per heavy atom. The second-order valence-corrected chi connectivity index (χ2v) is 2.31. The zero-order chi connectivity index (χ0) is 8.97. The number of hydrogen-bond acceptors (Lipinski definition) is 1. The summed E-state index contributed by atoms with van der Waals surface area (Å²) in [5.41, 5.74) is 0.327. The summed E-state index contributed by atoms with van der Waals surface area (Å²) < 4.78 is 12.6. The first kappa shape index (κ1) is 8.48. The van der Waals surface area contributed by atoms with E-state index < -0.39 is 5.82 Å². The number of ketones is 1. The van der Waals surface area contributed by atoms with Gasteiger partial charge in [0, 0.05) is 5.56 Å². The Balaban J connectivity index is 2.90. The summed E-state index contributed by atoms with van der Waals surface area (Å²) in [6.07, 6.45) is 4.96. The van der Waals surface area contributed by atoms with Gasteiger partial charge in [-0.1, -0.05) is 18.1 Å². The number of benzene rings is 1. The predicted octanol–water partition coefficient (Wildman–Crippen LogP) is 2.03. The lowest BCUT2D eigenvalue weighted by Gasteiger charge is -1.95. The van der Waals surface area contributed by atoms with E-state index in [0.717, 1.165) is 0 Å². The SMILES string of the molecule is C#CCC(=O)c1cccc(F)c1. The first-order chi connectivity index (χ1) is 5.74. The van der Waals surface area contributed by atoms with E-state index >= 15 is 0 Å². The van der Waals surface area contributed by atoms with Gasteiger partial charge in [0.15, 0.2) is 5.78 Å². The van der Waals surface area contributed by atoms with Gasteiger partial charge in [-0.3, -0.25) is 4.79 Å². The lowest BCUT2D eigenvalue weighted by molar-refractivity contribution is 0.0998. The Labute approximate surface area is 70.2 Å². The summed E-state index contributed by atoms with van der Waals surface area (Å²) in [6.45, 7) is 0. The molecule has 0 N–H and O–H groups in total. The van der Waals surface area contributed by atoms with E-state index in [0.29, 0.717) is 5.56 Å². The van der Waals surface area contributed by atoms with Gasteiger partial charge in [-0.05, 0) is 12.1 Å². The lowest BCUT2D eigenvalue weighted by atomic mass is 10.1. The fourth-order valence-electron chi connectivity index (χ4n) is 0.857. The van der Waals surface area contributed by atoms with Crippen molar-refractivity contribution in [3.8, 4) is 12.3 Å². The van der Waals surface area contributed by atoms with Crippen molar-refractivity contribution < 1.29 is 9.18 Å². The fourth-order valence-corrected chi connectivity index (χ4v) is 0.857. The predicted molar refractivity (Wildman–Crippen MR) is 44.2 cm³/mol. The van der Waals surface area contributed by atoms with Crippen molar-refractivity contribution in [2.75, 3.05) is 0 Å². The average molecular weight is 162 g/mol. The highest BCUT2D eigenvalue weighted by Gasteiger charge is 2.03. The van der Waals surface area contributed by atoms with Gasteiger partial charge >= 0.3 is 0 Å². The Hall–Kier alpha value is -1.62. The highest BCUT2D eigenvalue weighted by atomic mass is 19.1. The van der Waals surface area contributed by atoms with Gasteiger partial charge in [0.2, 0.25) is 0 Å². The number of carbonyl (C=O) groups excluding carboxylic acids is 1. The number of carbonyl (C=O) groups is 1. The molecule has 60 valence electrons. The molecule has 0 atom stereocenters. The molecule has 0 aromatic heterocycles. The van der Waals surface area contributed by atoms with E-state index in [9.17, 15) is 9.18 Å². The molecule has 0 saturated carbocycles. The minimum Gasteiger partial charge on any atom is -0.293 e. The summed E-state index contributed by atoms with van der Waals surface area (Å²) in [5, 5.41) is 0. The van der Waals surface area contributed by atoms with Crippen LogP contribution in [0.1, 0.15) is 16.8 Å². The minimum absolute atomic E-state index is 0.0173. The zero-order valence-electron chi connectivity index (χ0n) is 6.38. The normalized spacial score (nSPS) is 9.00. The summed E-state index contributed by atoms with van der Waals surface area (Å²) in [5.74, 6) is 1.57. The van der Waals surface area contributed by atoms with Gasteiger partial charge in [0.05, 0.1) is 6.42 Å². The highest BCUT2D eigenvalue weighted by Crippen LogP contribution is 2.05. The van der Waals surface area contributed by atoms with Crippen LogP contribution in [-0.4, -0.2) is 5.78 Å². The van der Waals surface area contributed by atoms with Crippen molar-refractivity contribution in [3.63, 3.8) is 0 Å². The van der Waals surface area contributed by atoms with E-state index in [-0.39, 0.29) is 12.2 Å². The van der Waals surface area contributed by atoms with Crippen LogP contribution >= 0.6 is 0 Å². The van der Waals surface area contributed by atoms with E-state index in [1.54, 1.807) is 6.07 Å². The summed E-state index contributed by atoms with van der Waals surface area (Å²) in [6, 6.07) is 5.49. The Morgan fingerprint density at radius 3 is 2.92 bits per heavy atom. The molecule has 1 aromatic carbocycles. The molecular weight excluding hydrogens is 155 g/mol. The van der Waals surface area contributed by atoms with Crippen molar-refractivity contribution in [2.24, 2.45) is 0 Å². The van der Waals surface area contributed by atoms with Gasteiger partial charge in [-0.25, -0.2) is 4.39 Å². The van der Waals surface area contributed by atoms with Crippen molar-refractivity contribution in [3.05, 3.63) is 35.6 Å². The van der Waals surface area contributed by atoms with Gasteiger partial charge in [-0.2, -0.15) is 0 Å². The molecule has 1 rings (SSSR count). The molecule has 0 bridgehead atoms. The molecule has 0 aliphatic carbocycles. The molecule has 0 amide bonds. The molecule has 0 unspecified atom stereocenters. The standard InChI is InChI=1S/C10H7FO/c1-2-4-10(12)8-5-3-6-9(11)7-8/h1,3,5-7H,4H2. The van der Waals surface area contributed by atoms with Crippen LogP contribution in [0.2, 0.25) is 0 Å². The third kappa shape index (κ3) is 1.93. The van der Waals surface area contributed by atoms with Crippen molar-refractivity contribution in [1.29, 1.82) is 0 Å². The quantitative estimate of drug-likeness (QED) is 0.480. The number of Topliss-reactive ketones (excluding diaryl/α,β-unsaturated/α-hetero) is 1. The molecule has 2 heteroatoms. The van der Waals surface area contributed by atoms with E-state index in [4.69, 9.17) is 6.42 Å². The van der Waals surface area contributed by atoms with Crippen LogP contribution in [0.3, 0.4) is 0 Å². The van der Waals surface area contributed by atoms with Crippen LogP contribution in [0.5, 0.6) is 0 Å². The molecule has 0 radical (unpaired) electrons. The Morgan fingerprint density at radius 2 is 2.33 bits per heavy atom. The van der Waals surface area contributed by atoms with E-state index in [1.165, 1.54) is 18.2 Å². The first-order valence-electron chi connectivity index (χ1n) is 3.46. The molecule has 12 heavy (non-hydrogen) atoms. The topological polar surface area (TPSA) is 17.1 Å². The van der Waals surface area contributed by atoms with Crippen LogP contribution in [0.4, 0.5) is 4.39 Å². The van der Waals surface area contributed by atoms with Crippen molar-refractivity contribution >= 4 is 5.78 Å². The van der Waals surface area contributed by atoms with Crippen molar-refractivity contribution in [1.82, 2.24) is 0 Å². The van der Waals surface area contributed by atoms with Gasteiger partial charge in [0.1, 0.15) is 5.82 Å². The molecule has 0 aliphatic heterocycles. The van der Waals surface area contributed by atoms with Gasteiger partial charge in [0.25, 0.3) is 0 Å². The third-order valence-electron chi connectivity index (χ3n) is 1.41. The molecule has 1 nitrogen and oxygen atoms in total. The molecule has 0 heterocycles. The monoisotopic (exact) mass is 162 g/mol. The number of terminal acetylenes is 1. The smallest absolute Gasteiger partial charge is 0.174 e. The maximum atomic E-state index is 12.6. The first-order valence-corrected chi connectivity index (χ1v) is 3.46. The second-order valence-electron chi connectivity index (χ2n) is 2.31. The molecule has 1 aromatic rings. The molecule has 0 saturated heterocycles. The van der Waals surface area contributed by atoms with Gasteiger partial charge < -0.3 is 0 Å². The second kappa shape index (κ2) is 3.68. The summed E-state index contributed by atoms with van der Waals surface area (Å²) in [4.78, 5) is 11.1. The number of hydrogen-bond donors (Lipinski definition) is 0. The van der Waals surface area contributed by atoms with Crippen LogP contribution in [0, 0.1) is 18.2 Å². The van der Waals surface area contributed by atoms with E-state index in [2.05, 4.69) is 5.92 Å². The number of rotatable bonds is 2. The maximum Gasteiger partial charge on any atom is 0.174 e. The number of halogens is 1. The highest BCUT2D eigenvalue weighted by molar-refractivity contribution is 5.97. The van der Waals surface area contributed by atoms with Crippen LogP contribution in [0.25, 0.3) is 0 Å². The van der Waals surface area contributed by atoms with E-state index in [1.807, 2.05) is 0 Å². The minimum atomic E-state index is -0.419. The molecule has 0 aliphatic rings. The van der Waals surface area contributed by atoms with Crippen molar-refractivity contribution in [2.45, 2.75) is 6.42 Å². The maximum absolute atomic E-state index is 12.6. The largest absolute Gasteiger partial charge is 0.293 e. The average Bonchev–Trinajstić information content (AvgIpc) is 2.05. The Bertz CT molecular complexity index is 336. The summed E-state index contributed by atoms with van der Waals surface area (Å²) in [7, 11) is 0. The Kier molecular flexibility index (Phi) is 2.60. The van der Waals surface area contributed by atoms with Crippen LogP contribution in [-0.2, 0) is 0 Å². The summed E-state index contributed by atoms with van der Waals surface area (Å²) >= 11 is 0. The van der Waals surface area contributed by atoms with Crippen LogP contribution < -0.4 is 0 Å². The molecular formula is C10H7FO. The van der Waals surface area contributed by atoms with Gasteiger partial charge in [-0.15, -0.1) is 6.42 Å². The third-order valence-corrected chi connectivity index (χ3v) is 1.41. The molecule has 0 fully saturated rings.